The van der Waals surface area contributed by atoms with Crippen molar-refractivity contribution in [1.82, 2.24) is 14.6 Å². The molecule has 13 nitrogen and oxygen atoms in total. The number of nitrogens with one attached hydrogen (secondary N) is 1. The van der Waals surface area contributed by atoms with E-state index in [1.165, 1.54) is 43.3 Å². The van der Waals surface area contributed by atoms with Crippen LogP contribution in [-0.2, 0) is 34.7 Å². The van der Waals surface area contributed by atoms with Crippen LogP contribution in [0, 0.1) is 0 Å². The van der Waals surface area contributed by atoms with Gasteiger partial charge in [-0.2, -0.15) is 18.9 Å². The van der Waals surface area contributed by atoms with Gasteiger partial charge in [0, 0.05) is 6.20 Å². The van der Waals surface area contributed by atoms with Crippen molar-refractivity contribution in [3.63, 3.8) is 0 Å². The summed E-state index contributed by atoms with van der Waals surface area (Å²) in [4.78, 5) is 41.7. The summed E-state index contributed by atoms with van der Waals surface area (Å²) in [5.74, 6) is -6.13. The molecule has 1 saturated heterocycles. The molecule has 0 aliphatic carbocycles. The van der Waals surface area contributed by atoms with Crippen molar-refractivity contribution in [2.45, 2.75) is 43.9 Å². The van der Waals surface area contributed by atoms with E-state index in [0.29, 0.717) is 10.1 Å². The third-order valence-electron chi connectivity index (χ3n) is 7.00. The first-order valence-corrected chi connectivity index (χ1v) is 16.1. The van der Waals surface area contributed by atoms with Gasteiger partial charge in [0.1, 0.15) is 30.3 Å². The maximum Gasteiger partial charge on any atom is 0.459 e. The molecular formula is C32H31F2N4O9P. The minimum atomic E-state index is -4.58. The molecule has 0 saturated carbocycles. The third kappa shape index (κ3) is 8.30. The Morgan fingerprint density at radius 1 is 1.02 bits per heavy atom. The molecule has 2 heterocycles. The minimum Gasteiger partial charge on any atom is -0.460 e. The van der Waals surface area contributed by atoms with Crippen LogP contribution >= 0.6 is 7.75 Å². The van der Waals surface area contributed by atoms with Crippen LogP contribution in [0.1, 0.15) is 29.1 Å². The Morgan fingerprint density at radius 3 is 2.29 bits per heavy atom. The molecule has 1 fully saturated rings. The number of nitrogens with zero attached hydrogens (tertiary/aromatic N) is 2. The van der Waals surface area contributed by atoms with Gasteiger partial charge in [-0.05, 0) is 42.8 Å². The van der Waals surface area contributed by atoms with Crippen LogP contribution in [0.2, 0.25) is 0 Å². The van der Waals surface area contributed by atoms with Gasteiger partial charge in [-0.15, -0.1) is 0 Å². The Morgan fingerprint density at radius 2 is 1.65 bits per heavy atom. The summed E-state index contributed by atoms with van der Waals surface area (Å²) in [5.41, 5.74) is 5.03. The van der Waals surface area contributed by atoms with Gasteiger partial charge in [-0.3, -0.25) is 13.9 Å². The zero-order valence-electron chi connectivity index (χ0n) is 25.4. The SMILES string of the molecule is C[C@H](N[P@](=O)(OC[C@H]1O[C@@H](n2ccc(N)nc2=O)C(F)(F)[C@@H]1OC(=O)c1ccccc1)Oc1ccccc1)C(=O)OCc1ccccc1. The molecule has 0 amide bonds. The first kappa shape index (κ1) is 34.4. The molecule has 252 valence electrons. The van der Waals surface area contributed by atoms with E-state index in [1.807, 2.05) is 0 Å². The lowest BCUT2D eigenvalue weighted by Crippen LogP contribution is -2.45. The molecule has 4 aromatic rings. The molecule has 1 aromatic heterocycles. The molecule has 48 heavy (non-hydrogen) atoms. The summed E-state index contributed by atoms with van der Waals surface area (Å²) < 4.78 is 73.9. The molecule has 0 unspecified atom stereocenters. The summed E-state index contributed by atoms with van der Waals surface area (Å²) in [7, 11) is -4.58. The van der Waals surface area contributed by atoms with Crippen LogP contribution in [0.5, 0.6) is 5.75 Å². The number of nitrogens with two attached hydrogens (primary N) is 1. The van der Waals surface area contributed by atoms with Crippen LogP contribution in [0.4, 0.5) is 14.6 Å². The predicted octanol–water partition coefficient (Wildman–Crippen LogP) is 4.51. The average molecular weight is 685 g/mol. The van der Waals surface area contributed by atoms with Gasteiger partial charge in [0.15, 0.2) is 6.10 Å². The average Bonchev–Trinajstić information content (AvgIpc) is 3.32. The van der Waals surface area contributed by atoms with Gasteiger partial charge in [0.05, 0.1) is 12.2 Å². The molecule has 16 heteroatoms. The molecule has 5 atom stereocenters. The van der Waals surface area contributed by atoms with Crippen LogP contribution in [0.3, 0.4) is 0 Å². The lowest BCUT2D eigenvalue weighted by atomic mass is 10.1. The number of halogens is 2. The molecule has 0 bridgehead atoms. The molecule has 5 rings (SSSR count). The van der Waals surface area contributed by atoms with Crippen molar-refractivity contribution in [1.29, 1.82) is 0 Å². The molecule has 3 aromatic carbocycles. The minimum absolute atomic E-state index is 0.0367. The Bertz CT molecular complexity index is 1820. The summed E-state index contributed by atoms with van der Waals surface area (Å²) in [6, 6.07) is 23.8. The first-order chi connectivity index (χ1) is 22.9. The van der Waals surface area contributed by atoms with E-state index in [-0.39, 0.29) is 23.7 Å². The van der Waals surface area contributed by atoms with Crippen molar-refractivity contribution in [3.8, 4) is 5.75 Å². The van der Waals surface area contributed by atoms with E-state index in [9.17, 15) is 18.9 Å². The van der Waals surface area contributed by atoms with Crippen LogP contribution in [0.25, 0.3) is 0 Å². The number of hydrogen-bond donors (Lipinski definition) is 2. The van der Waals surface area contributed by atoms with Gasteiger partial charge in [0.2, 0.25) is 6.23 Å². The number of carbonyl (C=O) groups is 2. The van der Waals surface area contributed by atoms with Gasteiger partial charge in [0.25, 0.3) is 0 Å². The first-order valence-electron chi connectivity index (χ1n) is 14.6. The monoisotopic (exact) mass is 684 g/mol. The summed E-state index contributed by atoms with van der Waals surface area (Å²) >= 11 is 0. The fourth-order valence-corrected chi connectivity index (χ4v) is 6.14. The van der Waals surface area contributed by atoms with E-state index in [1.54, 1.807) is 54.6 Å². The van der Waals surface area contributed by atoms with Crippen LogP contribution in [-0.4, -0.2) is 52.3 Å². The standard InChI is InChI=1S/C32H31F2N4O9P/c1-21(28(39)43-19-22-11-5-2-6-12-22)37-48(42,47-24-15-9-4-10-16-24)44-20-25-27(46-29(40)23-13-7-3-8-14-23)32(33,34)30(45-25)38-18-17-26(35)36-31(38)41/h2-18,21,25,27,30H,19-20H2,1H3,(H,37,42)(H2,35,36,41)/t21-,25+,27+,30+,48-/m0/s1. The second-order valence-electron chi connectivity index (χ2n) is 10.6. The van der Waals surface area contributed by atoms with E-state index < -0.39 is 62.4 Å². The maximum atomic E-state index is 16.0. The quantitative estimate of drug-likeness (QED) is 0.149. The predicted molar refractivity (Wildman–Crippen MR) is 167 cm³/mol. The van der Waals surface area contributed by atoms with Gasteiger partial charge < -0.3 is 24.5 Å². The van der Waals surface area contributed by atoms with Gasteiger partial charge >= 0.3 is 31.3 Å². The number of para-hydroxylation sites is 1. The van der Waals surface area contributed by atoms with Gasteiger partial charge in [-0.1, -0.05) is 66.7 Å². The normalized spacial score (nSPS) is 20.3. The Hall–Kier alpha value is -4.95. The Kier molecular flexibility index (Phi) is 10.6. The highest BCUT2D eigenvalue weighted by atomic mass is 31.2. The number of hydrogen-bond acceptors (Lipinski definition) is 11. The van der Waals surface area contributed by atoms with Crippen molar-refractivity contribution in [3.05, 3.63) is 125 Å². The summed E-state index contributed by atoms with van der Waals surface area (Å²) in [6.45, 7) is 0.356. The number of anilines is 1. The van der Waals surface area contributed by atoms with Crippen LogP contribution < -0.4 is 21.0 Å². The fraction of sp³-hybridized carbons (Fsp3) is 0.250. The molecule has 0 radical (unpaired) electrons. The van der Waals surface area contributed by atoms with Crippen LogP contribution in [0.15, 0.2) is 108 Å². The molecule has 1 aliphatic heterocycles. The number of benzene rings is 3. The second kappa shape index (κ2) is 14.9. The second-order valence-corrected chi connectivity index (χ2v) is 12.3. The lowest BCUT2D eigenvalue weighted by Gasteiger charge is -2.26. The van der Waals surface area contributed by atoms with E-state index in [2.05, 4.69) is 10.1 Å². The highest BCUT2D eigenvalue weighted by Gasteiger charge is 2.63. The van der Waals surface area contributed by atoms with Crippen molar-refractivity contribution >= 4 is 25.5 Å². The molecule has 0 spiro atoms. The number of alkyl halides is 2. The highest BCUT2D eigenvalue weighted by Crippen LogP contribution is 2.49. The number of ether oxygens (including phenoxy) is 3. The highest BCUT2D eigenvalue weighted by molar-refractivity contribution is 7.52. The van der Waals surface area contributed by atoms with E-state index >= 15 is 8.78 Å². The zero-order valence-corrected chi connectivity index (χ0v) is 26.3. The summed E-state index contributed by atoms with van der Waals surface area (Å²) in [5, 5.41) is 2.47. The third-order valence-corrected chi connectivity index (χ3v) is 8.65. The Balaban J connectivity index is 1.39. The lowest BCUT2D eigenvalue weighted by molar-refractivity contribution is -0.146. The van der Waals surface area contributed by atoms with Crippen molar-refractivity contribution < 1.29 is 46.2 Å². The number of nitrogen functional groups attached to an aromatic ring is 1. The molecular weight excluding hydrogens is 653 g/mol. The van der Waals surface area contributed by atoms with E-state index in [4.69, 9.17) is 29.0 Å². The molecule has 3 N–H and O–H groups in total. The topological polar surface area (TPSA) is 170 Å². The number of aromatic nitrogens is 2. The Labute approximate surface area is 273 Å². The van der Waals surface area contributed by atoms with E-state index in [0.717, 1.165) is 12.3 Å². The summed E-state index contributed by atoms with van der Waals surface area (Å²) in [6.07, 6.45) is -5.53. The maximum absolute atomic E-state index is 16.0. The number of rotatable bonds is 13. The zero-order chi connectivity index (χ0) is 34.3. The van der Waals surface area contributed by atoms with Gasteiger partial charge in [-0.25, -0.2) is 14.2 Å². The smallest absolute Gasteiger partial charge is 0.459 e. The number of esters is 2. The molecule has 1 aliphatic rings. The fourth-order valence-electron chi connectivity index (χ4n) is 4.64. The van der Waals surface area contributed by atoms with Crippen molar-refractivity contribution in [2.24, 2.45) is 0 Å². The largest absolute Gasteiger partial charge is 0.460 e. The number of carbonyl (C=O) groups excluding carboxylic acids is 2. The van der Waals surface area contributed by atoms with Crippen molar-refractivity contribution in [2.75, 3.05) is 12.3 Å².